The number of nitrogens with zero attached hydrogens (tertiary/aromatic N) is 4. The average molecular weight is 337 g/mol. The molecule has 3 aromatic rings. The fourth-order valence-corrected chi connectivity index (χ4v) is 2.34. The lowest BCUT2D eigenvalue weighted by molar-refractivity contribution is -0.384. The first-order chi connectivity index (χ1) is 10.6. The highest BCUT2D eigenvalue weighted by Gasteiger charge is 2.18. The fourth-order valence-electron chi connectivity index (χ4n) is 1.81. The van der Waals surface area contributed by atoms with Gasteiger partial charge in [-0.15, -0.1) is 10.2 Å². The summed E-state index contributed by atoms with van der Waals surface area (Å²) in [6, 6.07) is 5.87. The van der Waals surface area contributed by atoms with E-state index in [-0.39, 0.29) is 27.5 Å². The van der Waals surface area contributed by atoms with Gasteiger partial charge < -0.3 is 4.42 Å². The average Bonchev–Trinajstić information content (AvgIpc) is 2.97. The number of nitro groups is 1. The molecule has 0 unspecified atom stereocenters. The molecular formula is C13H6Cl2N4O3. The first-order valence-corrected chi connectivity index (χ1v) is 6.69. The van der Waals surface area contributed by atoms with Crippen molar-refractivity contribution >= 4 is 28.9 Å². The van der Waals surface area contributed by atoms with Gasteiger partial charge >= 0.3 is 0 Å². The molecular weight excluding hydrogens is 331 g/mol. The molecule has 0 saturated heterocycles. The molecule has 22 heavy (non-hydrogen) atoms. The van der Waals surface area contributed by atoms with Crippen LogP contribution in [-0.2, 0) is 0 Å². The Morgan fingerprint density at radius 1 is 1.09 bits per heavy atom. The monoisotopic (exact) mass is 336 g/mol. The molecule has 0 bridgehead atoms. The van der Waals surface area contributed by atoms with E-state index in [1.165, 1.54) is 30.6 Å². The first kappa shape index (κ1) is 14.4. The molecule has 0 amide bonds. The van der Waals surface area contributed by atoms with Gasteiger partial charge in [0.25, 0.3) is 11.6 Å². The van der Waals surface area contributed by atoms with E-state index in [2.05, 4.69) is 15.2 Å². The lowest BCUT2D eigenvalue weighted by atomic mass is 10.2. The SMILES string of the molecule is O=[N+]([O-])c1cccc(-c2nnc(-c3c(Cl)cncc3Cl)o2)c1. The van der Waals surface area contributed by atoms with E-state index in [1.54, 1.807) is 6.07 Å². The molecule has 0 aliphatic heterocycles. The summed E-state index contributed by atoms with van der Waals surface area (Å²) in [4.78, 5) is 14.1. The molecule has 0 saturated carbocycles. The van der Waals surface area contributed by atoms with Crippen molar-refractivity contribution in [3.63, 3.8) is 0 Å². The van der Waals surface area contributed by atoms with E-state index in [0.717, 1.165) is 0 Å². The number of non-ortho nitro benzene ring substituents is 1. The third kappa shape index (κ3) is 2.63. The molecule has 1 aromatic carbocycles. The third-order valence-electron chi connectivity index (χ3n) is 2.80. The maximum absolute atomic E-state index is 10.8. The largest absolute Gasteiger partial charge is 0.416 e. The maximum atomic E-state index is 10.8. The highest BCUT2D eigenvalue weighted by molar-refractivity contribution is 6.38. The van der Waals surface area contributed by atoms with Crippen LogP contribution in [0.25, 0.3) is 22.9 Å². The summed E-state index contributed by atoms with van der Waals surface area (Å²) in [6.45, 7) is 0. The van der Waals surface area contributed by atoms with E-state index in [4.69, 9.17) is 27.6 Å². The molecule has 9 heteroatoms. The molecule has 0 fully saturated rings. The number of aromatic nitrogens is 3. The molecule has 3 rings (SSSR count). The Balaban J connectivity index is 2.05. The quantitative estimate of drug-likeness (QED) is 0.529. The van der Waals surface area contributed by atoms with E-state index in [9.17, 15) is 10.1 Å². The molecule has 0 spiro atoms. The fraction of sp³-hybridized carbons (Fsp3) is 0. The minimum atomic E-state index is -0.503. The van der Waals surface area contributed by atoms with Gasteiger partial charge in [0.15, 0.2) is 0 Å². The second kappa shape index (κ2) is 5.70. The molecule has 7 nitrogen and oxygen atoms in total. The zero-order chi connectivity index (χ0) is 15.7. The minimum Gasteiger partial charge on any atom is -0.416 e. The lowest BCUT2D eigenvalue weighted by Gasteiger charge is -2.00. The summed E-state index contributed by atoms with van der Waals surface area (Å²) in [5.41, 5.74) is 0.717. The van der Waals surface area contributed by atoms with Crippen molar-refractivity contribution in [1.29, 1.82) is 0 Å². The van der Waals surface area contributed by atoms with E-state index in [0.29, 0.717) is 11.1 Å². The van der Waals surface area contributed by atoms with Crippen molar-refractivity contribution in [3.8, 4) is 22.9 Å². The van der Waals surface area contributed by atoms with Gasteiger partial charge in [0, 0.05) is 30.1 Å². The Labute approximate surface area is 133 Å². The second-order valence-electron chi connectivity index (χ2n) is 4.20. The zero-order valence-corrected chi connectivity index (χ0v) is 12.2. The molecule has 2 heterocycles. The predicted molar refractivity (Wildman–Crippen MR) is 79.6 cm³/mol. The number of benzene rings is 1. The third-order valence-corrected chi connectivity index (χ3v) is 3.37. The van der Waals surface area contributed by atoms with Crippen LogP contribution in [0.4, 0.5) is 5.69 Å². The summed E-state index contributed by atoms with van der Waals surface area (Å²) in [5.74, 6) is 0.238. The topological polar surface area (TPSA) is 95.0 Å². The molecule has 0 atom stereocenters. The number of halogens is 2. The van der Waals surface area contributed by atoms with Gasteiger partial charge in [-0.3, -0.25) is 15.1 Å². The van der Waals surface area contributed by atoms with Crippen molar-refractivity contribution in [2.75, 3.05) is 0 Å². The first-order valence-electron chi connectivity index (χ1n) is 5.94. The smallest absolute Gasteiger partial charge is 0.270 e. The summed E-state index contributed by atoms with van der Waals surface area (Å²) >= 11 is 12.0. The molecule has 0 aliphatic rings. The second-order valence-corrected chi connectivity index (χ2v) is 5.01. The summed E-state index contributed by atoms with van der Waals surface area (Å²) in [7, 11) is 0. The predicted octanol–water partition coefficient (Wildman–Crippen LogP) is 4.01. The van der Waals surface area contributed by atoms with Gasteiger partial charge in [-0.2, -0.15) is 0 Å². The normalized spacial score (nSPS) is 10.6. The van der Waals surface area contributed by atoms with Crippen LogP contribution >= 0.6 is 23.2 Å². The molecule has 110 valence electrons. The van der Waals surface area contributed by atoms with Crippen LogP contribution in [0.1, 0.15) is 0 Å². The van der Waals surface area contributed by atoms with Crippen LogP contribution < -0.4 is 0 Å². The van der Waals surface area contributed by atoms with Gasteiger partial charge in [0.2, 0.25) is 5.89 Å². The molecule has 0 aliphatic carbocycles. The highest BCUT2D eigenvalue weighted by atomic mass is 35.5. The Hall–Kier alpha value is -2.51. The Bertz CT molecular complexity index is 846. The number of pyridine rings is 1. The number of nitro benzene ring substituents is 1. The van der Waals surface area contributed by atoms with Crippen LogP contribution in [0.15, 0.2) is 41.1 Å². The van der Waals surface area contributed by atoms with Crippen LogP contribution in [0.3, 0.4) is 0 Å². The highest BCUT2D eigenvalue weighted by Crippen LogP contribution is 2.34. The van der Waals surface area contributed by atoms with E-state index < -0.39 is 4.92 Å². The van der Waals surface area contributed by atoms with Gasteiger partial charge in [0.05, 0.1) is 20.5 Å². The summed E-state index contributed by atoms with van der Waals surface area (Å²) in [5, 5.41) is 19.1. The van der Waals surface area contributed by atoms with Crippen LogP contribution in [0, 0.1) is 10.1 Å². The Morgan fingerprint density at radius 2 is 1.77 bits per heavy atom. The van der Waals surface area contributed by atoms with Gasteiger partial charge in [-0.05, 0) is 6.07 Å². The van der Waals surface area contributed by atoms with Crippen LogP contribution in [0.2, 0.25) is 10.0 Å². The minimum absolute atomic E-state index is 0.0720. The van der Waals surface area contributed by atoms with Gasteiger partial charge in [0.1, 0.15) is 0 Å². The number of hydrogen-bond donors (Lipinski definition) is 0. The van der Waals surface area contributed by atoms with Crippen molar-refractivity contribution in [2.45, 2.75) is 0 Å². The maximum Gasteiger partial charge on any atom is 0.270 e. The lowest BCUT2D eigenvalue weighted by Crippen LogP contribution is -1.88. The Kier molecular flexibility index (Phi) is 3.74. The number of hydrogen-bond acceptors (Lipinski definition) is 6. The van der Waals surface area contributed by atoms with Crippen LogP contribution in [0.5, 0.6) is 0 Å². The Morgan fingerprint density at radius 3 is 2.45 bits per heavy atom. The van der Waals surface area contributed by atoms with Crippen molar-refractivity contribution in [2.24, 2.45) is 0 Å². The van der Waals surface area contributed by atoms with Crippen LogP contribution in [-0.4, -0.2) is 20.1 Å². The van der Waals surface area contributed by atoms with Gasteiger partial charge in [-0.25, -0.2) is 0 Å². The van der Waals surface area contributed by atoms with Gasteiger partial charge in [-0.1, -0.05) is 29.3 Å². The van der Waals surface area contributed by atoms with E-state index in [1.807, 2.05) is 0 Å². The van der Waals surface area contributed by atoms with Crippen molar-refractivity contribution in [3.05, 3.63) is 56.8 Å². The van der Waals surface area contributed by atoms with Crippen molar-refractivity contribution in [1.82, 2.24) is 15.2 Å². The summed E-state index contributed by atoms with van der Waals surface area (Å²) < 4.78 is 5.51. The zero-order valence-electron chi connectivity index (χ0n) is 10.7. The van der Waals surface area contributed by atoms with Crippen molar-refractivity contribution < 1.29 is 9.34 Å². The van der Waals surface area contributed by atoms with E-state index >= 15 is 0 Å². The summed E-state index contributed by atoms with van der Waals surface area (Å²) in [6.07, 6.45) is 2.81. The molecule has 0 radical (unpaired) electrons. The number of rotatable bonds is 3. The standard InChI is InChI=1S/C13H6Cl2N4O3/c14-9-5-16-6-10(15)11(9)13-18-17-12(22-13)7-2-1-3-8(4-7)19(20)21/h1-6H. The molecule has 0 N–H and O–H groups in total. The molecule has 2 aromatic heterocycles.